The smallest absolute Gasteiger partial charge is 0.292 e. The average molecular weight is 353 g/mol. The number of hydrogen-bond acceptors (Lipinski definition) is 4. The van der Waals surface area contributed by atoms with E-state index in [2.05, 4.69) is 12.2 Å². The molecule has 2 aromatic carbocycles. The van der Waals surface area contributed by atoms with E-state index >= 15 is 0 Å². The molecule has 1 saturated heterocycles. The van der Waals surface area contributed by atoms with Crippen molar-refractivity contribution in [1.29, 1.82) is 0 Å². The van der Waals surface area contributed by atoms with Crippen LogP contribution < -0.4 is 10.2 Å². The lowest BCUT2D eigenvalue weighted by Crippen LogP contribution is -2.38. The van der Waals surface area contributed by atoms with Gasteiger partial charge < -0.3 is 10.2 Å². The Kier molecular flexibility index (Phi) is 5.51. The standard InChI is InChI=1S/C20H23N3O3/c1-2-15-7-9-17(10-8-15)21-20(24)16-11-13-22(14-12-16)18-5-3-4-6-19(18)23(25)26/h3-10,16H,2,11-14H2,1H3,(H,21,24). The molecule has 0 saturated carbocycles. The minimum Gasteiger partial charge on any atom is -0.366 e. The van der Waals surface area contributed by atoms with Crippen LogP contribution in [0, 0.1) is 16.0 Å². The summed E-state index contributed by atoms with van der Waals surface area (Å²) in [5, 5.41) is 14.2. The van der Waals surface area contributed by atoms with Crippen LogP contribution in [0.25, 0.3) is 0 Å². The number of amides is 1. The van der Waals surface area contributed by atoms with Crippen molar-refractivity contribution in [3.63, 3.8) is 0 Å². The highest BCUT2D eigenvalue weighted by Gasteiger charge is 2.28. The molecule has 1 amide bonds. The number of anilines is 2. The molecular formula is C20H23N3O3. The maximum absolute atomic E-state index is 12.5. The van der Waals surface area contributed by atoms with E-state index < -0.39 is 0 Å². The molecule has 136 valence electrons. The number of nitro groups is 1. The summed E-state index contributed by atoms with van der Waals surface area (Å²) < 4.78 is 0. The first-order chi connectivity index (χ1) is 12.6. The maximum atomic E-state index is 12.5. The van der Waals surface area contributed by atoms with E-state index in [1.165, 1.54) is 11.6 Å². The summed E-state index contributed by atoms with van der Waals surface area (Å²) in [4.78, 5) is 25.3. The van der Waals surface area contributed by atoms with E-state index in [4.69, 9.17) is 0 Å². The number of carbonyl (C=O) groups is 1. The Morgan fingerprint density at radius 2 is 1.81 bits per heavy atom. The molecule has 2 aromatic rings. The predicted molar refractivity (Wildman–Crippen MR) is 102 cm³/mol. The van der Waals surface area contributed by atoms with Crippen molar-refractivity contribution in [1.82, 2.24) is 0 Å². The Hall–Kier alpha value is -2.89. The van der Waals surface area contributed by atoms with E-state index in [-0.39, 0.29) is 22.4 Å². The lowest BCUT2D eigenvalue weighted by Gasteiger charge is -2.32. The van der Waals surface area contributed by atoms with Crippen molar-refractivity contribution in [2.75, 3.05) is 23.3 Å². The molecule has 1 heterocycles. The number of rotatable bonds is 5. The Labute approximate surface area is 153 Å². The van der Waals surface area contributed by atoms with Crippen LogP contribution in [0.4, 0.5) is 17.1 Å². The molecule has 0 aliphatic carbocycles. The summed E-state index contributed by atoms with van der Waals surface area (Å²) in [6, 6.07) is 14.7. The quantitative estimate of drug-likeness (QED) is 0.651. The van der Waals surface area contributed by atoms with Gasteiger partial charge in [0.05, 0.1) is 4.92 Å². The SMILES string of the molecule is CCc1ccc(NC(=O)C2CCN(c3ccccc3[N+](=O)[O-])CC2)cc1. The zero-order chi connectivity index (χ0) is 18.5. The van der Waals surface area contributed by atoms with Crippen molar-refractivity contribution in [3.05, 3.63) is 64.2 Å². The van der Waals surface area contributed by atoms with Crippen molar-refractivity contribution in [2.24, 2.45) is 5.92 Å². The number of nitro benzene ring substituents is 1. The molecule has 6 heteroatoms. The lowest BCUT2D eigenvalue weighted by atomic mass is 9.95. The molecule has 6 nitrogen and oxygen atoms in total. The van der Waals surface area contributed by atoms with Gasteiger partial charge in [-0.1, -0.05) is 31.2 Å². The fraction of sp³-hybridized carbons (Fsp3) is 0.350. The third-order valence-corrected chi connectivity index (χ3v) is 4.91. The Balaban J connectivity index is 1.59. The van der Waals surface area contributed by atoms with Crippen LogP contribution in [0.2, 0.25) is 0 Å². The zero-order valence-electron chi connectivity index (χ0n) is 14.9. The number of hydrogen-bond donors (Lipinski definition) is 1. The van der Waals surface area contributed by atoms with Gasteiger partial charge >= 0.3 is 0 Å². The van der Waals surface area contributed by atoms with Gasteiger partial charge in [-0.25, -0.2) is 0 Å². The molecule has 0 atom stereocenters. The Morgan fingerprint density at radius 1 is 1.15 bits per heavy atom. The minimum absolute atomic E-state index is 0.0245. The monoisotopic (exact) mass is 353 g/mol. The van der Waals surface area contributed by atoms with Crippen LogP contribution in [0.3, 0.4) is 0 Å². The topological polar surface area (TPSA) is 75.5 Å². The molecule has 3 rings (SSSR count). The Bertz CT molecular complexity index is 781. The van der Waals surface area contributed by atoms with Crippen LogP contribution in [0.15, 0.2) is 48.5 Å². The third-order valence-electron chi connectivity index (χ3n) is 4.91. The summed E-state index contributed by atoms with van der Waals surface area (Å²) in [6.45, 7) is 3.37. The van der Waals surface area contributed by atoms with Gasteiger partial charge in [0.1, 0.15) is 5.69 Å². The summed E-state index contributed by atoms with van der Waals surface area (Å²) in [5.74, 6) is -0.0451. The molecule has 0 spiro atoms. The van der Waals surface area contributed by atoms with Gasteiger partial charge in [0, 0.05) is 30.8 Å². The van der Waals surface area contributed by atoms with E-state index in [1.807, 2.05) is 29.2 Å². The van der Waals surface area contributed by atoms with Crippen LogP contribution in [-0.2, 0) is 11.2 Å². The third kappa shape index (κ3) is 4.02. The molecule has 1 aliphatic rings. The molecule has 0 aromatic heterocycles. The van der Waals surface area contributed by atoms with Crippen LogP contribution in [-0.4, -0.2) is 23.9 Å². The number of para-hydroxylation sites is 2. The number of nitrogens with one attached hydrogen (secondary N) is 1. The fourth-order valence-electron chi connectivity index (χ4n) is 3.34. The van der Waals surface area contributed by atoms with E-state index in [9.17, 15) is 14.9 Å². The van der Waals surface area contributed by atoms with Crippen molar-refractivity contribution in [2.45, 2.75) is 26.2 Å². The largest absolute Gasteiger partial charge is 0.366 e. The van der Waals surface area contributed by atoms with Crippen molar-refractivity contribution >= 4 is 23.0 Å². The van der Waals surface area contributed by atoms with Gasteiger partial charge in [-0.2, -0.15) is 0 Å². The number of nitrogens with zero attached hydrogens (tertiary/aromatic N) is 2. The molecule has 0 unspecified atom stereocenters. The summed E-state index contributed by atoms with van der Waals surface area (Å²) >= 11 is 0. The maximum Gasteiger partial charge on any atom is 0.292 e. The van der Waals surface area contributed by atoms with E-state index in [0.29, 0.717) is 31.6 Å². The van der Waals surface area contributed by atoms with Crippen molar-refractivity contribution < 1.29 is 9.72 Å². The normalized spacial score (nSPS) is 14.9. The second-order valence-electron chi connectivity index (χ2n) is 6.55. The summed E-state index contributed by atoms with van der Waals surface area (Å²) in [6.07, 6.45) is 2.34. The van der Waals surface area contributed by atoms with Gasteiger partial charge in [0.15, 0.2) is 0 Å². The number of piperidine rings is 1. The fourth-order valence-corrected chi connectivity index (χ4v) is 3.34. The van der Waals surface area contributed by atoms with Gasteiger partial charge in [-0.15, -0.1) is 0 Å². The first-order valence-corrected chi connectivity index (χ1v) is 8.96. The molecular weight excluding hydrogens is 330 g/mol. The van der Waals surface area contributed by atoms with Gasteiger partial charge in [-0.05, 0) is 43.0 Å². The second kappa shape index (κ2) is 7.99. The summed E-state index contributed by atoms with van der Waals surface area (Å²) in [7, 11) is 0. The first kappa shape index (κ1) is 17.9. The minimum atomic E-state index is -0.353. The van der Waals surface area contributed by atoms with Crippen LogP contribution in [0.1, 0.15) is 25.3 Å². The molecule has 1 aliphatic heterocycles. The summed E-state index contributed by atoms with van der Waals surface area (Å²) in [5.41, 5.74) is 2.80. The highest BCUT2D eigenvalue weighted by Crippen LogP contribution is 2.31. The molecule has 1 N–H and O–H groups in total. The highest BCUT2D eigenvalue weighted by molar-refractivity contribution is 5.92. The van der Waals surface area contributed by atoms with Crippen molar-refractivity contribution in [3.8, 4) is 0 Å². The number of aryl methyl sites for hydroxylation is 1. The second-order valence-corrected chi connectivity index (χ2v) is 6.55. The van der Waals surface area contributed by atoms with Gasteiger partial charge in [0.2, 0.25) is 5.91 Å². The molecule has 1 fully saturated rings. The van der Waals surface area contributed by atoms with Crippen LogP contribution >= 0.6 is 0 Å². The Morgan fingerprint density at radius 3 is 2.42 bits per heavy atom. The van der Waals surface area contributed by atoms with E-state index in [1.54, 1.807) is 18.2 Å². The first-order valence-electron chi connectivity index (χ1n) is 8.96. The van der Waals surface area contributed by atoms with Gasteiger partial charge in [-0.3, -0.25) is 14.9 Å². The zero-order valence-corrected chi connectivity index (χ0v) is 14.9. The number of benzene rings is 2. The van der Waals surface area contributed by atoms with E-state index in [0.717, 1.165) is 12.1 Å². The number of carbonyl (C=O) groups excluding carboxylic acids is 1. The predicted octanol–water partition coefficient (Wildman–Crippen LogP) is 4.01. The van der Waals surface area contributed by atoms with Crippen LogP contribution in [0.5, 0.6) is 0 Å². The lowest BCUT2D eigenvalue weighted by molar-refractivity contribution is -0.384. The molecule has 0 bridgehead atoms. The average Bonchev–Trinajstić information content (AvgIpc) is 2.68. The van der Waals surface area contributed by atoms with Gasteiger partial charge in [0.25, 0.3) is 5.69 Å². The molecule has 26 heavy (non-hydrogen) atoms. The highest BCUT2D eigenvalue weighted by atomic mass is 16.6. The molecule has 0 radical (unpaired) electrons.